The number of carbonyl (C=O) groups excluding carboxylic acids is 1. The number of carbonyl (C=O) groups is 1. The van der Waals surface area contributed by atoms with Gasteiger partial charge in [-0.1, -0.05) is 0 Å². The van der Waals surface area contributed by atoms with Crippen LogP contribution in [0.1, 0.15) is 23.4 Å². The average Bonchev–Trinajstić information content (AvgIpc) is 2.74. The Hall–Kier alpha value is -0.740. The van der Waals surface area contributed by atoms with Crippen molar-refractivity contribution in [2.75, 3.05) is 6.61 Å². The van der Waals surface area contributed by atoms with Gasteiger partial charge in [0.05, 0.1) is 6.26 Å². The van der Waals surface area contributed by atoms with Gasteiger partial charge in [0, 0.05) is 6.61 Å². The van der Waals surface area contributed by atoms with Crippen molar-refractivity contribution in [2.45, 2.75) is 18.3 Å². The van der Waals surface area contributed by atoms with Crippen LogP contribution in [0.15, 0.2) is 22.8 Å². The summed E-state index contributed by atoms with van der Waals surface area (Å²) in [6.45, 7) is 0.767. The zero-order chi connectivity index (χ0) is 9.10. The number of thioether (sulfide) groups is 1. The third-order valence-electron chi connectivity index (χ3n) is 1.85. The predicted octanol–water partition coefficient (Wildman–Crippen LogP) is 2.29. The molecule has 1 aromatic heterocycles. The first-order valence-corrected chi connectivity index (χ1v) is 5.10. The standard InChI is InChI=1S/C9H10O3S/c10-9(7-3-1-5-11-7)13-8-4-2-6-12-8/h1,3,5,8H,2,4,6H2. The van der Waals surface area contributed by atoms with E-state index in [2.05, 4.69) is 0 Å². The Morgan fingerprint density at radius 1 is 1.62 bits per heavy atom. The summed E-state index contributed by atoms with van der Waals surface area (Å²) in [6.07, 6.45) is 3.50. The van der Waals surface area contributed by atoms with Crippen molar-refractivity contribution in [3.63, 3.8) is 0 Å². The van der Waals surface area contributed by atoms with Crippen LogP contribution in [0, 0.1) is 0 Å². The molecule has 1 atom stereocenters. The van der Waals surface area contributed by atoms with Gasteiger partial charge in [-0.2, -0.15) is 0 Å². The highest BCUT2D eigenvalue weighted by Crippen LogP contribution is 2.26. The predicted molar refractivity (Wildman–Crippen MR) is 49.6 cm³/mol. The highest BCUT2D eigenvalue weighted by Gasteiger charge is 2.21. The molecule has 0 aliphatic carbocycles. The van der Waals surface area contributed by atoms with Crippen molar-refractivity contribution >= 4 is 16.9 Å². The zero-order valence-corrected chi connectivity index (χ0v) is 7.88. The minimum Gasteiger partial charge on any atom is -0.460 e. The maximum Gasteiger partial charge on any atom is 0.257 e. The number of hydrogen-bond donors (Lipinski definition) is 0. The molecule has 4 heteroatoms. The van der Waals surface area contributed by atoms with Gasteiger partial charge in [-0.25, -0.2) is 0 Å². The fourth-order valence-electron chi connectivity index (χ4n) is 1.21. The van der Waals surface area contributed by atoms with E-state index < -0.39 is 0 Å². The van der Waals surface area contributed by atoms with Gasteiger partial charge in [-0.3, -0.25) is 4.79 Å². The van der Waals surface area contributed by atoms with Crippen LogP contribution >= 0.6 is 11.8 Å². The largest absolute Gasteiger partial charge is 0.460 e. The highest BCUT2D eigenvalue weighted by atomic mass is 32.2. The van der Waals surface area contributed by atoms with Crippen molar-refractivity contribution in [3.05, 3.63) is 24.2 Å². The maximum atomic E-state index is 11.5. The summed E-state index contributed by atoms with van der Waals surface area (Å²) in [7, 11) is 0. The molecule has 0 saturated carbocycles. The number of ether oxygens (including phenoxy) is 1. The Balaban J connectivity index is 1.91. The first-order valence-electron chi connectivity index (χ1n) is 4.22. The molecule has 0 amide bonds. The molecule has 0 radical (unpaired) electrons. The van der Waals surface area contributed by atoms with E-state index in [-0.39, 0.29) is 10.6 Å². The molecule has 70 valence electrons. The minimum absolute atomic E-state index is 0.0256. The molecule has 2 rings (SSSR count). The molecule has 2 heterocycles. The second-order valence-corrected chi connectivity index (χ2v) is 3.96. The van der Waals surface area contributed by atoms with Gasteiger partial charge < -0.3 is 9.15 Å². The zero-order valence-electron chi connectivity index (χ0n) is 7.06. The minimum atomic E-state index is -0.0445. The van der Waals surface area contributed by atoms with E-state index in [1.165, 1.54) is 18.0 Å². The van der Waals surface area contributed by atoms with Gasteiger partial charge >= 0.3 is 0 Å². The molecule has 13 heavy (non-hydrogen) atoms. The van der Waals surface area contributed by atoms with Gasteiger partial charge in [-0.15, -0.1) is 0 Å². The van der Waals surface area contributed by atoms with Crippen LogP contribution < -0.4 is 0 Å². The molecule has 0 spiro atoms. The quantitative estimate of drug-likeness (QED) is 0.731. The summed E-state index contributed by atoms with van der Waals surface area (Å²) in [5.41, 5.74) is 0.0256. The molecule has 1 unspecified atom stereocenters. The molecule has 0 aromatic carbocycles. The van der Waals surface area contributed by atoms with Crippen LogP contribution in [0.4, 0.5) is 0 Å². The fraction of sp³-hybridized carbons (Fsp3) is 0.444. The Kier molecular flexibility index (Phi) is 2.71. The van der Waals surface area contributed by atoms with Crippen LogP contribution in [-0.2, 0) is 4.74 Å². The van der Waals surface area contributed by atoms with Crippen LogP contribution in [0.2, 0.25) is 0 Å². The fourth-order valence-corrected chi connectivity index (χ4v) is 2.13. The Morgan fingerprint density at radius 2 is 2.54 bits per heavy atom. The Bertz CT molecular complexity index is 275. The molecule has 1 aliphatic rings. The molecule has 0 bridgehead atoms. The molecule has 1 aliphatic heterocycles. The van der Waals surface area contributed by atoms with Crippen LogP contribution in [0.3, 0.4) is 0 Å². The topological polar surface area (TPSA) is 39.4 Å². The van der Waals surface area contributed by atoms with E-state index in [0.29, 0.717) is 5.76 Å². The summed E-state index contributed by atoms with van der Waals surface area (Å²) in [5, 5.41) is -0.0445. The Morgan fingerprint density at radius 3 is 3.15 bits per heavy atom. The van der Waals surface area contributed by atoms with Gasteiger partial charge in [0.15, 0.2) is 5.76 Å². The van der Waals surface area contributed by atoms with E-state index in [4.69, 9.17) is 9.15 Å². The summed E-state index contributed by atoms with van der Waals surface area (Å²) in [6, 6.07) is 3.38. The second-order valence-electron chi connectivity index (χ2n) is 2.83. The van der Waals surface area contributed by atoms with Crippen molar-refractivity contribution < 1.29 is 13.9 Å². The molecule has 1 saturated heterocycles. The molecular weight excluding hydrogens is 188 g/mol. The van der Waals surface area contributed by atoms with Crippen molar-refractivity contribution in [2.24, 2.45) is 0 Å². The average molecular weight is 198 g/mol. The third kappa shape index (κ3) is 2.14. The van der Waals surface area contributed by atoms with Crippen molar-refractivity contribution in [1.29, 1.82) is 0 Å². The summed E-state index contributed by atoms with van der Waals surface area (Å²) in [4.78, 5) is 11.5. The second kappa shape index (κ2) is 3.98. The maximum absolute atomic E-state index is 11.5. The SMILES string of the molecule is O=C(SC1CCCO1)c1ccco1. The summed E-state index contributed by atoms with van der Waals surface area (Å²) >= 11 is 1.21. The van der Waals surface area contributed by atoms with E-state index in [9.17, 15) is 4.79 Å². The van der Waals surface area contributed by atoms with Crippen molar-refractivity contribution in [1.82, 2.24) is 0 Å². The lowest BCUT2D eigenvalue weighted by Crippen LogP contribution is -2.03. The monoisotopic (exact) mass is 198 g/mol. The normalized spacial score (nSPS) is 22.0. The van der Waals surface area contributed by atoms with Gasteiger partial charge in [0.25, 0.3) is 5.12 Å². The van der Waals surface area contributed by atoms with E-state index >= 15 is 0 Å². The smallest absolute Gasteiger partial charge is 0.257 e. The molecule has 0 N–H and O–H groups in total. The molecule has 1 aromatic rings. The van der Waals surface area contributed by atoms with E-state index in [1.807, 2.05) is 0 Å². The summed E-state index contributed by atoms with van der Waals surface area (Å²) in [5.74, 6) is 0.403. The molecule has 3 nitrogen and oxygen atoms in total. The van der Waals surface area contributed by atoms with Gasteiger partial charge in [0.2, 0.25) is 0 Å². The van der Waals surface area contributed by atoms with Gasteiger partial charge in [0.1, 0.15) is 5.44 Å². The Labute approximate surface area is 80.4 Å². The van der Waals surface area contributed by atoms with Gasteiger partial charge in [-0.05, 0) is 36.7 Å². The van der Waals surface area contributed by atoms with E-state index in [0.717, 1.165) is 19.4 Å². The van der Waals surface area contributed by atoms with Crippen LogP contribution in [-0.4, -0.2) is 17.2 Å². The third-order valence-corrected chi connectivity index (χ3v) is 2.90. The molecule has 1 fully saturated rings. The lowest BCUT2D eigenvalue weighted by Gasteiger charge is -2.04. The highest BCUT2D eigenvalue weighted by molar-refractivity contribution is 8.14. The van der Waals surface area contributed by atoms with E-state index in [1.54, 1.807) is 12.1 Å². The molecular formula is C9H10O3S. The van der Waals surface area contributed by atoms with Crippen LogP contribution in [0.25, 0.3) is 0 Å². The van der Waals surface area contributed by atoms with Crippen molar-refractivity contribution in [3.8, 4) is 0 Å². The summed E-state index contributed by atoms with van der Waals surface area (Å²) < 4.78 is 10.3. The number of hydrogen-bond acceptors (Lipinski definition) is 4. The lowest BCUT2D eigenvalue weighted by molar-refractivity contribution is 0.105. The first kappa shape index (κ1) is 8.84. The first-order chi connectivity index (χ1) is 6.36. The lowest BCUT2D eigenvalue weighted by atomic mass is 10.4. The van der Waals surface area contributed by atoms with Crippen LogP contribution in [0.5, 0.6) is 0 Å². The number of rotatable bonds is 2. The number of furan rings is 1.